The third-order valence-corrected chi connectivity index (χ3v) is 2.99. The summed E-state index contributed by atoms with van der Waals surface area (Å²) >= 11 is 0. The Morgan fingerprint density at radius 3 is 2.79 bits per heavy atom. The maximum absolute atomic E-state index is 9.72. The zero-order chi connectivity index (χ0) is 10.3. The molecule has 2 aliphatic rings. The van der Waals surface area contributed by atoms with Crippen LogP contribution in [-0.4, -0.2) is 52.2 Å². The number of rotatable bonds is 1. The molecule has 0 spiro atoms. The molecule has 1 heterocycles. The smallest absolute Gasteiger partial charge is 0.180 e. The fourth-order valence-electron chi connectivity index (χ4n) is 2.20. The van der Waals surface area contributed by atoms with E-state index in [1.54, 1.807) is 6.92 Å². The van der Waals surface area contributed by atoms with E-state index in [1.165, 1.54) is 0 Å². The van der Waals surface area contributed by atoms with E-state index in [0.29, 0.717) is 12.3 Å². The van der Waals surface area contributed by atoms with Crippen LogP contribution in [-0.2, 0) is 4.74 Å². The van der Waals surface area contributed by atoms with Crippen molar-refractivity contribution in [2.45, 2.75) is 37.7 Å². The Hall–Kier alpha value is -0.650. The number of hydrogen-bond acceptors (Lipinski definition) is 5. The molecule has 5 nitrogen and oxygen atoms in total. The molecule has 1 fully saturated rings. The first-order chi connectivity index (χ1) is 6.63. The molecular weight excluding hydrogens is 186 g/mol. The molecule has 1 aliphatic heterocycles. The minimum absolute atomic E-state index is 0.135. The number of fused-ring (bicyclic) bond motifs is 1. The zero-order valence-electron chi connectivity index (χ0n) is 8.00. The maximum Gasteiger partial charge on any atom is 0.180 e. The van der Waals surface area contributed by atoms with Crippen LogP contribution in [0.3, 0.4) is 0 Å². The van der Waals surface area contributed by atoms with Gasteiger partial charge in [-0.3, -0.25) is 0 Å². The minimum atomic E-state index is -0.927. The van der Waals surface area contributed by atoms with Gasteiger partial charge in [0.2, 0.25) is 0 Å². The summed E-state index contributed by atoms with van der Waals surface area (Å²) in [6.07, 6.45) is -1.48. The van der Waals surface area contributed by atoms with Crippen LogP contribution >= 0.6 is 0 Å². The summed E-state index contributed by atoms with van der Waals surface area (Å²) in [4.78, 5) is 4.11. The largest absolute Gasteiger partial charge is 0.476 e. The summed E-state index contributed by atoms with van der Waals surface area (Å²) < 4.78 is 5.38. The van der Waals surface area contributed by atoms with Gasteiger partial charge in [-0.2, -0.15) is 0 Å². The fraction of sp³-hybridized carbons (Fsp3) is 0.889. The van der Waals surface area contributed by atoms with Crippen molar-refractivity contribution in [2.75, 3.05) is 6.61 Å². The predicted molar refractivity (Wildman–Crippen MR) is 49.0 cm³/mol. The molecule has 1 saturated carbocycles. The van der Waals surface area contributed by atoms with Crippen molar-refractivity contribution in [1.82, 2.24) is 0 Å². The molecular formula is C9H15NO4. The van der Waals surface area contributed by atoms with E-state index in [0.717, 1.165) is 0 Å². The standard InChI is InChI=1S/C9H15NO4/c1-4-10-7-6(14-4)2-5(3-11)8(12)9(7)13/h5-9,11-13H,2-3H2,1H3/t5?,6-,7+,8+,9?/m0/s1. The fourth-order valence-corrected chi connectivity index (χ4v) is 2.20. The van der Waals surface area contributed by atoms with Gasteiger partial charge in [-0.15, -0.1) is 0 Å². The second-order valence-electron chi connectivity index (χ2n) is 3.95. The Bertz CT molecular complexity index is 255. The molecule has 0 amide bonds. The molecule has 0 aromatic rings. The van der Waals surface area contributed by atoms with Gasteiger partial charge in [-0.05, 0) is 6.42 Å². The van der Waals surface area contributed by atoms with Gasteiger partial charge in [0.25, 0.3) is 0 Å². The lowest BCUT2D eigenvalue weighted by molar-refractivity contribution is -0.0946. The molecule has 0 radical (unpaired) electrons. The first-order valence-corrected chi connectivity index (χ1v) is 4.81. The molecule has 1 aliphatic carbocycles. The summed E-state index contributed by atoms with van der Waals surface area (Å²) in [5.74, 6) is 0.234. The Kier molecular flexibility index (Phi) is 2.47. The third-order valence-electron chi connectivity index (χ3n) is 2.99. The normalized spacial score (nSPS) is 46.9. The van der Waals surface area contributed by atoms with E-state index in [9.17, 15) is 10.2 Å². The molecule has 14 heavy (non-hydrogen) atoms. The van der Waals surface area contributed by atoms with Gasteiger partial charge in [-0.25, -0.2) is 4.99 Å². The summed E-state index contributed by atoms with van der Waals surface area (Å²) in [6, 6.07) is -0.368. The summed E-state index contributed by atoms with van der Waals surface area (Å²) in [5, 5.41) is 28.4. The molecule has 80 valence electrons. The molecule has 2 unspecified atom stereocenters. The molecule has 0 saturated heterocycles. The summed E-state index contributed by atoms with van der Waals surface area (Å²) in [7, 11) is 0. The highest BCUT2D eigenvalue weighted by atomic mass is 16.5. The highest BCUT2D eigenvalue weighted by Crippen LogP contribution is 2.32. The van der Waals surface area contributed by atoms with Crippen LogP contribution in [0.1, 0.15) is 13.3 Å². The lowest BCUT2D eigenvalue weighted by Crippen LogP contribution is -2.52. The Balaban J connectivity index is 2.14. The molecule has 0 aromatic heterocycles. The number of hydrogen-bond donors (Lipinski definition) is 3. The van der Waals surface area contributed by atoms with E-state index in [-0.39, 0.29) is 24.7 Å². The van der Waals surface area contributed by atoms with Crippen molar-refractivity contribution >= 4 is 5.90 Å². The van der Waals surface area contributed by atoms with Crippen LogP contribution in [0, 0.1) is 5.92 Å². The first-order valence-electron chi connectivity index (χ1n) is 4.81. The van der Waals surface area contributed by atoms with Crippen LogP contribution in [0.2, 0.25) is 0 Å². The quantitative estimate of drug-likeness (QED) is 0.503. The van der Waals surface area contributed by atoms with Gasteiger partial charge in [0.05, 0.1) is 6.10 Å². The van der Waals surface area contributed by atoms with E-state index in [4.69, 9.17) is 9.84 Å². The molecule has 0 aromatic carbocycles. The van der Waals surface area contributed by atoms with Gasteiger partial charge in [0.15, 0.2) is 5.90 Å². The number of nitrogens with zero attached hydrogens (tertiary/aromatic N) is 1. The van der Waals surface area contributed by atoms with Crippen LogP contribution < -0.4 is 0 Å². The van der Waals surface area contributed by atoms with Gasteiger partial charge in [0.1, 0.15) is 18.2 Å². The molecule has 3 N–H and O–H groups in total. The second kappa shape index (κ2) is 3.49. The summed E-state index contributed by atoms with van der Waals surface area (Å²) in [6.45, 7) is 1.59. The van der Waals surface area contributed by atoms with Crippen molar-refractivity contribution in [3.8, 4) is 0 Å². The lowest BCUT2D eigenvalue weighted by atomic mass is 9.80. The first kappa shape index (κ1) is 9.89. The minimum Gasteiger partial charge on any atom is -0.476 e. The van der Waals surface area contributed by atoms with E-state index in [2.05, 4.69) is 4.99 Å². The SMILES string of the molecule is CC1=N[C@H]2C(O)[C@H](O)C(CO)C[C@@H]2O1. The Morgan fingerprint density at radius 1 is 1.43 bits per heavy atom. The third kappa shape index (κ3) is 1.41. The topological polar surface area (TPSA) is 82.3 Å². The second-order valence-corrected chi connectivity index (χ2v) is 3.95. The van der Waals surface area contributed by atoms with Crippen molar-refractivity contribution in [1.29, 1.82) is 0 Å². The molecule has 5 heteroatoms. The predicted octanol–water partition coefficient (Wildman–Crippen LogP) is -1.09. The van der Waals surface area contributed by atoms with Crippen molar-refractivity contribution in [3.63, 3.8) is 0 Å². The highest BCUT2D eigenvalue weighted by Gasteiger charge is 2.46. The number of aliphatic hydroxyl groups excluding tert-OH is 3. The summed E-state index contributed by atoms with van der Waals surface area (Å²) in [5.41, 5.74) is 0. The van der Waals surface area contributed by atoms with Gasteiger partial charge in [-0.1, -0.05) is 0 Å². The van der Waals surface area contributed by atoms with Crippen LogP contribution in [0.4, 0.5) is 0 Å². The van der Waals surface area contributed by atoms with Crippen molar-refractivity contribution in [2.24, 2.45) is 10.9 Å². The number of aliphatic imine (C=N–C) groups is 1. The van der Waals surface area contributed by atoms with Crippen LogP contribution in [0.5, 0.6) is 0 Å². The number of ether oxygens (including phenoxy) is 1. The maximum atomic E-state index is 9.72. The highest BCUT2D eigenvalue weighted by molar-refractivity contribution is 5.75. The zero-order valence-corrected chi connectivity index (χ0v) is 8.00. The van der Waals surface area contributed by atoms with E-state index < -0.39 is 12.2 Å². The van der Waals surface area contributed by atoms with E-state index in [1.807, 2.05) is 0 Å². The molecule has 2 rings (SSSR count). The van der Waals surface area contributed by atoms with Gasteiger partial charge < -0.3 is 20.1 Å². The molecule has 0 bridgehead atoms. The van der Waals surface area contributed by atoms with Crippen molar-refractivity contribution < 1.29 is 20.1 Å². The molecule has 5 atom stereocenters. The van der Waals surface area contributed by atoms with E-state index >= 15 is 0 Å². The Labute approximate surface area is 82.0 Å². The average molecular weight is 201 g/mol. The van der Waals surface area contributed by atoms with Crippen LogP contribution in [0.15, 0.2) is 4.99 Å². The Morgan fingerprint density at radius 2 is 2.14 bits per heavy atom. The van der Waals surface area contributed by atoms with Crippen molar-refractivity contribution in [3.05, 3.63) is 0 Å². The van der Waals surface area contributed by atoms with Gasteiger partial charge in [0, 0.05) is 19.4 Å². The number of aliphatic hydroxyl groups is 3. The monoisotopic (exact) mass is 201 g/mol. The average Bonchev–Trinajstić information content (AvgIpc) is 2.52. The lowest BCUT2D eigenvalue weighted by Gasteiger charge is -2.36. The van der Waals surface area contributed by atoms with Gasteiger partial charge >= 0.3 is 0 Å². The van der Waals surface area contributed by atoms with Crippen LogP contribution in [0.25, 0.3) is 0 Å².